The summed E-state index contributed by atoms with van der Waals surface area (Å²) < 4.78 is 0. The van der Waals surface area contributed by atoms with Gasteiger partial charge in [0.2, 0.25) is 0 Å². The van der Waals surface area contributed by atoms with Crippen LogP contribution >= 0.6 is 98.4 Å². The van der Waals surface area contributed by atoms with Gasteiger partial charge in [0.15, 0.2) is 0 Å². The molecule has 0 aliphatic rings. The van der Waals surface area contributed by atoms with Crippen LogP contribution in [-0.2, 0) is 19.3 Å². The third kappa shape index (κ3) is 24.9. The number of nitrogens with zero attached hydrogens (tertiary/aromatic N) is 3. The van der Waals surface area contributed by atoms with Gasteiger partial charge in [-0.15, -0.1) is 24.0 Å². The van der Waals surface area contributed by atoms with Crippen molar-refractivity contribution in [3.05, 3.63) is 77.9 Å². The molecular formula is C22H34I6N5-. The quantitative estimate of drug-likeness (QED) is 0.320. The summed E-state index contributed by atoms with van der Waals surface area (Å²) in [6.07, 6.45) is 10.2. The van der Waals surface area contributed by atoms with E-state index in [0.29, 0.717) is 24.9 Å². The second-order valence-corrected chi connectivity index (χ2v) is 21.9. The molecule has 0 atom stereocenters. The molecule has 0 aliphatic carbocycles. The average Bonchev–Trinajstić information content (AvgIpc) is 2.83. The van der Waals surface area contributed by atoms with Gasteiger partial charge in [-0.25, -0.2) is 9.97 Å². The summed E-state index contributed by atoms with van der Waals surface area (Å²) in [6.45, 7) is 6.28. The van der Waals surface area contributed by atoms with Crippen molar-refractivity contribution in [1.82, 2.24) is 15.0 Å². The zero-order valence-electron chi connectivity index (χ0n) is 18.2. The first-order valence-corrected chi connectivity index (χ1v) is 28.2. The Hall–Kier alpha value is 1.43. The van der Waals surface area contributed by atoms with Crippen LogP contribution in [-0.4, -0.2) is 15.0 Å². The number of halogens is 6. The van der Waals surface area contributed by atoms with Crippen LogP contribution in [0.5, 0.6) is 0 Å². The molecule has 11 heteroatoms. The molecule has 0 saturated heterocycles. The molecular weight excluding hydrogens is 1100 g/mol. The van der Waals surface area contributed by atoms with Crippen molar-refractivity contribution in [3.8, 4) is 0 Å². The maximum absolute atomic E-state index is 5.52. The summed E-state index contributed by atoms with van der Waals surface area (Å²) in [6, 6.07) is 11.7. The van der Waals surface area contributed by atoms with Crippen LogP contribution in [0.25, 0.3) is 0 Å². The minimum atomic E-state index is 0. The molecule has 3 rings (SSSR count). The third-order valence-electron chi connectivity index (χ3n) is 3.69. The fraction of sp³-hybridized carbons (Fsp3) is 0.318. The van der Waals surface area contributed by atoms with Gasteiger partial charge in [-0.3, -0.25) is 4.98 Å². The molecule has 0 aliphatic heterocycles. The van der Waals surface area contributed by atoms with Crippen molar-refractivity contribution in [2.45, 2.75) is 47.5 Å². The molecule has 0 aromatic carbocycles. The number of pyridine rings is 3. The molecule has 0 fully saturated rings. The number of aryl methyl sites for hydroxylation is 3. The first kappa shape index (κ1) is 41.6. The Kier molecular flexibility index (Phi) is 39.6. The molecule has 0 amide bonds. The van der Waals surface area contributed by atoms with E-state index in [0.717, 1.165) is 24.8 Å². The molecule has 0 spiro atoms. The summed E-state index contributed by atoms with van der Waals surface area (Å²) in [5.41, 5.74) is 14.5. The van der Waals surface area contributed by atoms with Crippen LogP contribution < -0.4 is 24.7 Å². The van der Waals surface area contributed by atoms with Crippen molar-refractivity contribution in [2.24, 2.45) is 0 Å². The average molecular weight is 1130 g/mol. The van der Waals surface area contributed by atoms with Gasteiger partial charge >= 0.3 is 50.5 Å². The first-order chi connectivity index (χ1) is 15.0. The summed E-state index contributed by atoms with van der Waals surface area (Å²) >= 11 is 9.54. The van der Waals surface area contributed by atoms with Crippen LogP contribution in [0, 0.1) is 0 Å². The molecule has 5 nitrogen and oxygen atoms in total. The Morgan fingerprint density at radius 2 is 1.33 bits per heavy atom. The second-order valence-electron chi connectivity index (χ2n) is 5.62. The monoisotopic (exact) mass is 1130 g/mol. The van der Waals surface area contributed by atoms with Crippen LogP contribution in [0.4, 0.5) is 11.6 Å². The SMILES string of the molecule is C.CCc1ccc(N)nc1.CCc1cccnc1.CCc1cccnc1N.I.II.I[I-]I. The van der Waals surface area contributed by atoms with Crippen LogP contribution in [0.2, 0.25) is 0 Å². The number of aromatic nitrogens is 3. The van der Waals surface area contributed by atoms with Gasteiger partial charge in [0, 0.05) is 62.0 Å². The zero-order valence-corrected chi connectivity index (χ0v) is 31.3. The van der Waals surface area contributed by atoms with Gasteiger partial charge in [0.1, 0.15) is 11.6 Å². The van der Waals surface area contributed by atoms with Gasteiger partial charge in [-0.2, -0.15) is 0 Å². The summed E-state index contributed by atoms with van der Waals surface area (Å²) in [4.78, 5) is 11.8. The molecule has 0 radical (unpaired) electrons. The van der Waals surface area contributed by atoms with Crippen LogP contribution in [0.1, 0.15) is 44.9 Å². The van der Waals surface area contributed by atoms with Crippen LogP contribution in [0.3, 0.4) is 0 Å². The predicted octanol–water partition coefficient (Wildman–Crippen LogP) is 5.90. The maximum atomic E-state index is 5.52. The van der Waals surface area contributed by atoms with E-state index in [2.05, 4.69) is 116 Å². The van der Waals surface area contributed by atoms with Crippen molar-refractivity contribution < 1.29 is 13.3 Å². The summed E-state index contributed by atoms with van der Waals surface area (Å²) in [7, 11) is 0. The van der Waals surface area contributed by atoms with Crippen molar-refractivity contribution in [2.75, 3.05) is 11.5 Å². The van der Waals surface area contributed by atoms with Crippen molar-refractivity contribution in [1.29, 1.82) is 0 Å². The molecule has 3 heterocycles. The number of rotatable bonds is 3. The van der Waals surface area contributed by atoms with E-state index in [1.165, 1.54) is 11.1 Å². The Morgan fingerprint density at radius 3 is 1.67 bits per heavy atom. The minimum absolute atomic E-state index is 0. The summed E-state index contributed by atoms with van der Waals surface area (Å²) in [5.74, 6) is 1.24. The van der Waals surface area contributed by atoms with E-state index >= 15 is 0 Å². The van der Waals surface area contributed by atoms with E-state index in [4.69, 9.17) is 11.5 Å². The van der Waals surface area contributed by atoms with E-state index < -0.39 is 0 Å². The number of nitrogens with two attached hydrogens (primary N) is 2. The number of hydrogen-bond donors (Lipinski definition) is 2. The van der Waals surface area contributed by atoms with E-state index in [1.807, 2.05) is 36.5 Å². The standard InChI is InChI=1S/2C7H10N2.C7H9N.CH4.I3.I2.HI/c1-2-6-3-4-7(8)9-5-6;1-2-6-4-3-5-9-7(6)8;1-2-7-4-3-5-8-6-7;;1-3-2;1-2;/h2*3-5H,2H2,1H3,(H2,8,9);3-6H,2H2,1H3;1H4;;;1H/q;;;;-1;;. The van der Waals surface area contributed by atoms with E-state index in [1.54, 1.807) is 18.6 Å². The fourth-order valence-electron chi connectivity index (χ4n) is 2.00. The molecule has 3 aromatic rings. The molecule has 0 bridgehead atoms. The Labute approximate surface area is 270 Å². The van der Waals surface area contributed by atoms with Gasteiger partial charge in [0.25, 0.3) is 0 Å². The summed E-state index contributed by atoms with van der Waals surface area (Å²) in [5, 5.41) is 0. The third-order valence-corrected chi connectivity index (χ3v) is 3.69. The molecule has 33 heavy (non-hydrogen) atoms. The molecule has 4 N–H and O–H groups in total. The van der Waals surface area contributed by atoms with Crippen LogP contribution in [0.15, 0.2) is 61.2 Å². The van der Waals surface area contributed by atoms with Crippen molar-refractivity contribution >= 4 is 110 Å². The first-order valence-electron chi connectivity index (χ1n) is 9.32. The van der Waals surface area contributed by atoms with Crippen molar-refractivity contribution in [3.63, 3.8) is 0 Å². The predicted molar refractivity (Wildman–Crippen MR) is 188 cm³/mol. The molecule has 190 valence electrons. The Bertz CT molecular complexity index is 765. The fourth-order valence-corrected chi connectivity index (χ4v) is 2.00. The van der Waals surface area contributed by atoms with Gasteiger partial charge in [0.05, 0.1) is 0 Å². The number of nitrogen functional groups attached to an aromatic ring is 2. The van der Waals surface area contributed by atoms with Gasteiger partial charge in [-0.05, 0) is 54.2 Å². The molecule has 0 saturated carbocycles. The molecule has 0 unspecified atom stereocenters. The normalized spacial score (nSPS) is 8.21. The van der Waals surface area contributed by atoms with E-state index in [-0.39, 0.29) is 31.4 Å². The zero-order chi connectivity index (χ0) is 23.9. The van der Waals surface area contributed by atoms with Gasteiger partial charge < -0.3 is 11.5 Å². The van der Waals surface area contributed by atoms with Gasteiger partial charge in [-0.1, -0.05) is 46.4 Å². The number of hydrogen-bond acceptors (Lipinski definition) is 5. The Balaban J connectivity index is -0.000000169. The second kappa shape index (κ2) is 31.5. The number of anilines is 2. The molecule has 3 aromatic heterocycles. The Morgan fingerprint density at radius 1 is 0.788 bits per heavy atom. The van der Waals surface area contributed by atoms with E-state index in [9.17, 15) is 0 Å². The topological polar surface area (TPSA) is 90.7 Å².